The number of nitrogens with one attached hydrogen (secondary N) is 1. The molecule has 1 aromatic heterocycles. The van der Waals surface area contributed by atoms with Crippen molar-refractivity contribution in [2.24, 2.45) is 0 Å². The molecule has 0 bridgehead atoms. The second kappa shape index (κ2) is 12.3. The van der Waals surface area contributed by atoms with Gasteiger partial charge in [-0.2, -0.15) is 4.98 Å². The molecule has 0 saturated heterocycles. The number of para-hydroxylation sites is 1. The van der Waals surface area contributed by atoms with Gasteiger partial charge in [-0.25, -0.2) is 9.48 Å². The van der Waals surface area contributed by atoms with Gasteiger partial charge in [-0.15, -0.1) is 5.10 Å². The lowest BCUT2D eigenvalue weighted by Gasteiger charge is -2.30. The lowest BCUT2D eigenvalue weighted by atomic mass is 9.94. The van der Waals surface area contributed by atoms with Crippen LogP contribution < -0.4 is 10.1 Å². The van der Waals surface area contributed by atoms with E-state index in [1.54, 1.807) is 4.68 Å². The van der Waals surface area contributed by atoms with E-state index in [2.05, 4.69) is 12.2 Å². The minimum Gasteiger partial charge on any atom is -0.493 e. The highest BCUT2D eigenvalue weighted by atomic mass is 35.5. The third kappa shape index (κ3) is 5.86. The Morgan fingerprint density at radius 3 is 2.68 bits per heavy atom. The molecule has 2 aromatic carbocycles. The molecule has 1 fully saturated rings. The molecule has 0 spiro atoms. The number of thioether (sulfide) groups is 1. The van der Waals surface area contributed by atoms with E-state index >= 15 is 0 Å². The van der Waals surface area contributed by atoms with Gasteiger partial charge in [0.1, 0.15) is 17.9 Å². The molecule has 0 amide bonds. The molecule has 9 heteroatoms. The summed E-state index contributed by atoms with van der Waals surface area (Å²) in [6.45, 7) is 4.55. The quantitative estimate of drug-likeness (QED) is 0.222. The van der Waals surface area contributed by atoms with Crippen LogP contribution in [-0.4, -0.2) is 33.4 Å². The van der Waals surface area contributed by atoms with Crippen LogP contribution in [0.25, 0.3) is 0 Å². The van der Waals surface area contributed by atoms with Crippen molar-refractivity contribution in [2.75, 3.05) is 11.9 Å². The van der Waals surface area contributed by atoms with Crippen LogP contribution >= 0.6 is 23.4 Å². The number of anilines is 1. The fourth-order valence-corrected chi connectivity index (χ4v) is 6.06. The first-order chi connectivity index (χ1) is 18.5. The molecule has 0 radical (unpaired) electrons. The van der Waals surface area contributed by atoms with E-state index in [0.29, 0.717) is 39.8 Å². The van der Waals surface area contributed by atoms with Crippen molar-refractivity contribution in [1.29, 1.82) is 0 Å². The Balaban J connectivity index is 1.50. The van der Waals surface area contributed by atoms with Crippen molar-refractivity contribution in [3.63, 3.8) is 0 Å². The van der Waals surface area contributed by atoms with Gasteiger partial charge >= 0.3 is 5.97 Å². The standard InChI is InChI=1S/C29H33ClN4O3S/c1-3-17-36-24-16-10-8-14-22(24)26-25(27(35)37-21-12-5-4-6-13-21)19(2)31-28-32-29(33-34(26)28)38-18-20-11-7-9-15-23(20)30/h7-11,14-16,21,26H,3-6,12-13,17-18H2,1-2H3,(H,31,32,33). The van der Waals surface area contributed by atoms with Crippen LogP contribution in [0.4, 0.5) is 5.95 Å². The molecule has 2 aliphatic rings. The molecule has 1 aliphatic heterocycles. The highest BCUT2D eigenvalue weighted by Crippen LogP contribution is 2.41. The van der Waals surface area contributed by atoms with Gasteiger partial charge in [0, 0.05) is 22.0 Å². The van der Waals surface area contributed by atoms with Crippen LogP contribution in [0.3, 0.4) is 0 Å². The Bertz CT molecular complexity index is 1320. The first kappa shape index (κ1) is 26.6. The number of benzene rings is 2. The summed E-state index contributed by atoms with van der Waals surface area (Å²) in [5.74, 6) is 1.62. The lowest BCUT2D eigenvalue weighted by molar-refractivity contribution is -0.146. The monoisotopic (exact) mass is 552 g/mol. The Morgan fingerprint density at radius 1 is 1.13 bits per heavy atom. The zero-order chi connectivity index (χ0) is 26.5. The largest absolute Gasteiger partial charge is 0.493 e. The Kier molecular flexibility index (Phi) is 8.59. The predicted molar refractivity (Wildman–Crippen MR) is 151 cm³/mol. The summed E-state index contributed by atoms with van der Waals surface area (Å²) < 4.78 is 14.0. The topological polar surface area (TPSA) is 78.3 Å². The first-order valence-corrected chi connectivity index (χ1v) is 14.6. The maximum absolute atomic E-state index is 13.7. The molecule has 7 nitrogen and oxygen atoms in total. The molecule has 1 unspecified atom stereocenters. The van der Waals surface area contributed by atoms with Crippen LogP contribution in [0.2, 0.25) is 5.02 Å². The second-order valence-corrected chi connectivity index (χ2v) is 11.0. The number of carbonyl (C=O) groups is 1. The van der Waals surface area contributed by atoms with Crippen LogP contribution in [-0.2, 0) is 15.3 Å². The number of nitrogens with zero attached hydrogens (tertiary/aromatic N) is 3. The SMILES string of the molecule is CCCOc1ccccc1C1C(C(=O)OC2CCCCC2)=C(C)Nc2nc(SCc3ccccc3Cl)nn21. The minimum absolute atomic E-state index is 0.0531. The van der Waals surface area contributed by atoms with Gasteiger partial charge in [0.25, 0.3) is 0 Å². The van der Waals surface area contributed by atoms with Crippen molar-refractivity contribution < 1.29 is 14.3 Å². The maximum Gasteiger partial charge on any atom is 0.338 e. The van der Waals surface area contributed by atoms with E-state index < -0.39 is 6.04 Å². The molecule has 1 N–H and O–H groups in total. The number of carbonyl (C=O) groups excluding carboxylic acids is 1. The third-order valence-corrected chi connectivity index (χ3v) is 8.12. The molecule has 1 saturated carbocycles. The van der Waals surface area contributed by atoms with Gasteiger partial charge in [0.15, 0.2) is 0 Å². The number of halogens is 1. The Morgan fingerprint density at radius 2 is 1.89 bits per heavy atom. The average Bonchev–Trinajstić information content (AvgIpc) is 3.33. The first-order valence-electron chi connectivity index (χ1n) is 13.3. The molecule has 5 rings (SSSR count). The summed E-state index contributed by atoms with van der Waals surface area (Å²) in [5, 5.41) is 9.47. The number of rotatable bonds is 9. The normalized spacial score (nSPS) is 17.6. The third-order valence-electron chi connectivity index (χ3n) is 6.87. The minimum atomic E-state index is -0.530. The summed E-state index contributed by atoms with van der Waals surface area (Å²) in [6.07, 6.45) is 6.01. The zero-order valence-corrected chi connectivity index (χ0v) is 23.4. The van der Waals surface area contributed by atoms with Crippen molar-refractivity contribution in [2.45, 2.75) is 75.4 Å². The summed E-state index contributed by atoms with van der Waals surface area (Å²) in [4.78, 5) is 18.5. The van der Waals surface area contributed by atoms with Crippen LogP contribution in [0.5, 0.6) is 5.75 Å². The number of allylic oxidation sites excluding steroid dienone is 1. The number of ether oxygens (including phenoxy) is 2. The molecule has 2 heterocycles. The van der Waals surface area contributed by atoms with Crippen molar-refractivity contribution in [1.82, 2.24) is 14.8 Å². The second-order valence-electron chi connectivity index (χ2n) is 9.66. The highest BCUT2D eigenvalue weighted by Gasteiger charge is 2.37. The van der Waals surface area contributed by atoms with Crippen LogP contribution in [0.15, 0.2) is 65.0 Å². The van der Waals surface area contributed by atoms with E-state index in [1.807, 2.05) is 55.5 Å². The fourth-order valence-electron chi connectivity index (χ4n) is 4.95. The van der Waals surface area contributed by atoms with Gasteiger partial charge in [-0.1, -0.05) is 73.1 Å². The van der Waals surface area contributed by atoms with Crippen LogP contribution in [0.1, 0.15) is 69.5 Å². The van der Waals surface area contributed by atoms with Gasteiger partial charge < -0.3 is 14.8 Å². The Labute approximate surface area is 233 Å². The fraction of sp³-hybridized carbons (Fsp3) is 0.414. The van der Waals surface area contributed by atoms with Crippen LogP contribution in [0, 0.1) is 0 Å². The number of hydrogen-bond acceptors (Lipinski definition) is 7. The Hall–Kier alpha value is -2.97. The summed E-state index contributed by atoms with van der Waals surface area (Å²) >= 11 is 7.87. The number of aromatic nitrogens is 3. The molecule has 1 aliphatic carbocycles. The molecule has 3 aromatic rings. The maximum atomic E-state index is 13.7. The molecule has 1 atom stereocenters. The molecule has 200 valence electrons. The number of esters is 1. The lowest BCUT2D eigenvalue weighted by Crippen LogP contribution is -2.32. The molecule has 38 heavy (non-hydrogen) atoms. The van der Waals surface area contributed by atoms with E-state index in [1.165, 1.54) is 18.2 Å². The van der Waals surface area contributed by atoms with Crippen molar-refractivity contribution >= 4 is 35.3 Å². The smallest absolute Gasteiger partial charge is 0.338 e. The molecular weight excluding hydrogens is 520 g/mol. The number of fused-ring (bicyclic) bond motifs is 1. The van der Waals surface area contributed by atoms with Gasteiger partial charge in [-0.05, 0) is 56.7 Å². The predicted octanol–water partition coefficient (Wildman–Crippen LogP) is 7.18. The average molecular weight is 553 g/mol. The molecular formula is C29H33ClN4O3S. The van der Waals surface area contributed by atoms with Gasteiger partial charge in [-0.3, -0.25) is 0 Å². The van der Waals surface area contributed by atoms with E-state index in [-0.39, 0.29) is 12.1 Å². The van der Waals surface area contributed by atoms with E-state index in [0.717, 1.165) is 49.0 Å². The van der Waals surface area contributed by atoms with Crippen molar-refractivity contribution in [3.8, 4) is 5.75 Å². The zero-order valence-electron chi connectivity index (χ0n) is 21.8. The summed E-state index contributed by atoms with van der Waals surface area (Å²) in [5.41, 5.74) is 3.11. The van der Waals surface area contributed by atoms with Gasteiger partial charge in [0.2, 0.25) is 11.1 Å². The summed E-state index contributed by atoms with van der Waals surface area (Å²) in [7, 11) is 0. The summed E-state index contributed by atoms with van der Waals surface area (Å²) in [6, 6.07) is 15.1. The van der Waals surface area contributed by atoms with Crippen molar-refractivity contribution in [3.05, 3.63) is 76.0 Å². The number of hydrogen-bond donors (Lipinski definition) is 1. The van der Waals surface area contributed by atoms with Gasteiger partial charge in [0.05, 0.1) is 12.2 Å². The van der Waals surface area contributed by atoms with E-state index in [9.17, 15) is 4.79 Å². The highest BCUT2D eigenvalue weighted by molar-refractivity contribution is 7.98. The van der Waals surface area contributed by atoms with E-state index in [4.69, 9.17) is 31.2 Å².